The van der Waals surface area contributed by atoms with Crippen LogP contribution in [0.1, 0.15) is 20.3 Å². The Morgan fingerprint density at radius 3 is 2.14 bits per heavy atom. The summed E-state index contributed by atoms with van der Waals surface area (Å²) in [5.41, 5.74) is 0. The van der Waals surface area contributed by atoms with Crippen LogP contribution in [-0.4, -0.2) is 21.6 Å². The molecular formula is C9H23O3PSi. The third-order valence-corrected chi connectivity index (χ3v) is 5.63. The molecule has 1 atom stereocenters. The molecule has 0 aliphatic heterocycles. The molecular weight excluding hydrogens is 215 g/mol. The normalized spacial score (nSPS) is 17.1. The molecule has 86 valence electrons. The molecule has 0 N–H and O–H groups in total. The van der Waals surface area contributed by atoms with Crippen molar-refractivity contribution in [3.05, 3.63) is 0 Å². The average Bonchev–Trinajstić information content (AvgIpc) is 1.78. The van der Waals surface area contributed by atoms with Gasteiger partial charge in [0.25, 0.3) is 0 Å². The highest BCUT2D eigenvalue weighted by Gasteiger charge is 2.26. The van der Waals surface area contributed by atoms with Crippen molar-refractivity contribution in [3.8, 4) is 0 Å². The number of hydrogen-bond acceptors (Lipinski definition) is 3. The van der Waals surface area contributed by atoms with E-state index in [0.717, 1.165) is 6.42 Å². The quantitative estimate of drug-likeness (QED) is 0.522. The highest BCUT2D eigenvalue weighted by Crippen LogP contribution is 2.46. The monoisotopic (exact) mass is 238 g/mol. The molecule has 3 nitrogen and oxygen atoms in total. The maximum atomic E-state index is 11.8. The second kappa shape index (κ2) is 5.45. The van der Waals surface area contributed by atoms with Gasteiger partial charge in [0.15, 0.2) is 8.32 Å². The van der Waals surface area contributed by atoms with E-state index in [1.165, 1.54) is 0 Å². The summed E-state index contributed by atoms with van der Waals surface area (Å²) in [6.07, 6.45) is 0.924. The minimum atomic E-state index is -2.81. The lowest BCUT2D eigenvalue weighted by atomic mass is 10.2. The fourth-order valence-electron chi connectivity index (χ4n) is 0.978. The first kappa shape index (κ1) is 14.4. The van der Waals surface area contributed by atoms with Crippen molar-refractivity contribution >= 4 is 15.9 Å². The maximum Gasteiger partial charge on any atom is 0.318 e. The smallest absolute Gasteiger partial charge is 0.318 e. The van der Waals surface area contributed by atoms with E-state index in [1.807, 2.05) is 19.6 Å². The third-order valence-electron chi connectivity index (χ3n) is 1.46. The van der Waals surface area contributed by atoms with Gasteiger partial charge in [0.2, 0.25) is 0 Å². The minimum Gasteiger partial charge on any atom is -0.351 e. The van der Waals surface area contributed by atoms with E-state index in [0.29, 0.717) is 12.5 Å². The molecule has 0 aromatic carbocycles. The lowest BCUT2D eigenvalue weighted by Gasteiger charge is -2.23. The average molecular weight is 238 g/mol. The van der Waals surface area contributed by atoms with Crippen LogP contribution >= 0.6 is 7.60 Å². The molecule has 14 heavy (non-hydrogen) atoms. The van der Waals surface area contributed by atoms with Crippen LogP contribution in [0.15, 0.2) is 0 Å². The highest BCUT2D eigenvalue weighted by molar-refractivity contribution is 7.54. The van der Waals surface area contributed by atoms with E-state index in [2.05, 4.69) is 13.8 Å². The van der Waals surface area contributed by atoms with E-state index in [4.69, 9.17) is 8.74 Å². The lowest BCUT2D eigenvalue weighted by Crippen LogP contribution is -2.24. The summed E-state index contributed by atoms with van der Waals surface area (Å²) in [5, 5.41) is 0. The molecule has 5 heteroatoms. The second-order valence-corrected chi connectivity index (χ2v) is 11.7. The zero-order valence-electron chi connectivity index (χ0n) is 10.2. The first-order valence-electron chi connectivity index (χ1n) is 5.05. The van der Waals surface area contributed by atoms with Crippen molar-refractivity contribution in [2.24, 2.45) is 5.92 Å². The Hall–Kier alpha value is 0.367. The molecule has 0 amide bonds. The van der Waals surface area contributed by atoms with Crippen molar-refractivity contribution in [1.29, 1.82) is 0 Å². The predicted octanol–water partition coefficient (Wildman–Crippen LogP) is 3.72. The van der Waals surface area contributed by atoms with Gasteiger partial charge in [-0.15, -0.1) is 0 Å². The Kier molecular flexibility index (Phi) is 5.59. The molecule has 0 aliphatic carbocycles. The Morgan fingerprint density at radius 2 is 1.79 bits per heavy atom. The zero-order chi connectivity index (χ0) is 11.4. The Labute approximate surface area is 88.9 Å². The molecule has 0 saturated carbocycles. The molecule has 1 unspecified atom stereocenters. The van der Waals surface area contributed by atoms with Crippen LogP contribution in [0.25, 0.3) is 0 Å². The SMILES string of the molecule is CC(C)CCOP(C)(=O)O[Si](C)(C)C. The minimum absolute atomic E-state index is 0.524. The predicted molar refractivity (Wildman–Crippen MR) is 63.4 cm³/mol. The van der Waals surface area contributed by atoms with E-state index in [9.17, 15) is 4.57 Å². The van der Waals surface area contributed by atoms with Crippen molar-refractivity contribution < 1.29 is 13.3 Å². The van der Waals surface area contributed by atoms with Gasteiger partial charge in [-0.25, -0.2) is 0 Å². The fraction of sp³-hybridized carbons (Fsp3) is 1.00. The number of rotatable bonds is 6. The Balaban J connectivity index is 3.91. The van der Waals surface area contributed by atoms with Gasteiger partial charge in [-0.3, -0.25) is 4.57 Å². The summed E-state index contributed by atoms with van der Waals surface area (Å²) in [6, 6.07) is 0. The van der Waals surface area contributed by atoms with Gasteiger partial charge in [-0.05, 0) is 32.0 Å². The van der Waals surface area contributed by atoms with Crippen LogP contribution < -0.4 is 0 Å². The lowest BCUT2D eigenvalue weighted by molar-refractivity contribution is 0.251. The summed E-state index contributed by atoms with van der Waals surface area (Å²) >= 11 is 0. The van der Waals surface area contributed by atoms with Crippen LogP contribution in [0.3, 0.4) is 0 Å². The fourth-order valence-corrected chi connectivity index (χ4v) is 5.61. The van der Waals surface area contributed by atoms with E-state index in [1.54, 1.807) is 6.66 Å². The standard InChI is InChI=1S/C9H23O3PSi/c1-9(2)7-8-11-13(3,10)12-14(4,5)6/h9H,7-8H2,1-6H3. The van der Waals surface area contributed by atoms with Gasteiger partial charge in [0.05, 0.1) is 6.61 Å². The highest BCUT2D eigenvalue weighted by atomic mass is 31.2. The molecule has 0 bridgehead atoms. The van der Waals surface area contributed by atoms with Crippen LogP contribution in [0.5, 0.6) is 0 Å². The van der Waals surface area contributed by atoms with Crippen LogP contribution in [-0.2, 0) is 13.3 Å². The summed E-state index contributed by atoms with van der Waals surface area (Å²) in [6.45, 7) is 12.3. The van der Waals surface area contributed by atoms with Gasteiger partial charge in [-0.1, -0.05) is 13.8 Å². The molecule has 0 radical (unpaired) electrons. The molecule has 0 spiro atoms. The molecule has 0 rings (SSSR count). The van der Waals surface area contributed by atoms with E-state index < -0.39 is 15.9 Å². The summed E-state index contributed by atoms with van der Waals surface area (Å²) in [5.74, 6) is 0.571. The largest absolute Gasteiger partial charge is 0.351 e. The first-order valence-corrected chi connectivity index (χ1v) is 10.4. The van der Waals surface area contributed by atoms with Gasteiger partial charge in [0, 0.05) is 6.66 Å². The molecule has 0 aliphatic rings. The van der Waals surface area contributed by atoms with Crippen molar-refractivity contribution in [2.75, 3.05) is 13.3 Å². The third kappa shape index (κ3) is 8.94. The maximum absolute atomic E-state index is 11.8. The molecule has 0 heterocycles. The first-order chi connectivity index (χ1) is 6.12. The summed E-state index contributed by atoms with van der Waals surface area (Å²) in [7, 11) is -4.57. The van der Waals surface area contributed by atoms with Crippen molar-refractivity contribution in [3.63, 3.8) is 0 Å². The zero-order valence-corrected chi connectivity index (χ0v) is 12.1. The summed E-state index contributed by atoms with van der Waals surface area (Å²) in [4.78, 5) is 0. The van der Waals surface area contributed by atoms with Crippen molar-refractivity contribution in [2.45, 2.75) is 39.9 Å². The van der Waals surface area contributed by atoms with Crippen molar-refractivity contribution in [1.82, 2.24) is 0 Å². The van der Waals surface area contributed by atoms with Gasteiger partial charge in [-0.2, -0.15) is 0 Å². The van der Waals surface area contributed by atoms with Gasteiger partial charge < -0.3 is 8.74 Å². The summed E-state index contributed by atoms with van der Waals surface area (Å²) < 4.78 is 22.6. The Bertz CT molecular complexity index is 211. The molecule has 0 saturated heterocycles. The molecule has 0 fully saturated rings. The van der Waals surface area contributed by atoms with Crippen LogP contribution in [0.2, 0.25) is 19.6 Å². The Morgan fingerprint density at radius 1 is 1.29 bits per heavy atom. The molecule has 0 aromatic heterocycles. The van der Waals surface area contributed by atoms with E-state index >= 15 is 0 Å². The van der Waals surface area contributed by atoms with Crippen LogP contribution in [0.4, 0.5) is 0 Å². The topological polar surface area (TPSA) is 35.5 Å². The number of hydrogen-bond donors (Lipinski definition) is 0. The van der Waals surface area contributed by atoms with Gasteiger partial charge in [0.1, 0.15) is 0 Å². The van der Waals surface area contributed by atoms with Gasteiger partial charge >= 0.3 is 7.60 Å². The van der Waals surface area contributed by atoms with E-state index in [-0.39, 0.29) is 0 Å². The molecule has 0 aromatic rings. The second-order valence-electron chi connectivity index (χ2n) is 4.99. The van der Waals surface area contributed by atoms with Crippen LogP contribution in [0, 0.1) is 5.92 Å².